The second-order valence-electron chi connectivity index (χ2n) is 5.60. The molecule has 114 valence electrons. The minimum atomic E-state index is -0.110. The van der Waals surface area contributed by atoms with Crippen molar-refractivity contribution in [2.24, 2.45) is 0 Å². The molecular weight excluding hydrogens is 288 g/mol. The van der Waals surface area contributed by atoms with Gasteiger partial charge in [-0.1, -0.05) is 25.6 Å². The van der Waals surface area contributed by atoms with Gasteiger partial charge in [-0.15, -0.1) is 5.10 Å². The number of nitrogens with one attached hydrogen (secondary N) is 2. The van der Waals surface area contributed by atoms with Gasteiger partial charge < -0.3 is 9.73 Å². The summed E-state index contributed by atoms with van der Waals surface area (Å²) < 4.78 is 7.53. The maximum Gasteiger partial charge on any atom is 0.344 e. The summed E-state index contributed by atoms with van der Waals surface area (Å²) in [4.78, 5) is 11.7. The Balaban J connectivity index is 1.59. The Labute approximate surface area is 127 Å². The largest absolute Gasteiger partial charge is 0.464 e. The molecule has 1 aliphatic rings. The van der Waals surface area contributed by atoms with Crippen molar-refractivity contribution >= 4 is 11.8 Å². The Morgan fingerprint density at radius 3 is 2.95 bits per heavy atom. The van der Waals surface area contributed by atoms with Crippen molar-refractivity contribution in [1.29, 1.82) is 0 Å². The number of aromatic nitrogens is 3. The first-order chi connectivity index (χ1) is 10.1. The van der Waals surface area contributed by atoms with E-state index in [9.17, 15) is 4.79 Å². The average molecular weight is 308 g/mol. The molecule has 1 fully saturated rings. The second kappa shape index (κ2) is 6.11. The molecule has 0 amide bonds. The summed E-state index contributed by atoms with van der Waals surface area (Å²) in [5, 5.41) is 10.7. The van der Waals surface area contributed by atoms with Crippen LogP contribution < -0.4 is 11.0 Å². The topological polar surface area (TPSA) is 75.8 Å². The predicted octanol–water partition coefficient (Wildman–Crippen LogP) is 2.29. The zero-order chi connectivity index (χ0) is 14.8. The lowest BCUT2D eigenvalue weighted by Crippen LogP contribution is -2.21. The normalized spacial score (nSPS) is 15.0. The van der Waals surface area contributed by atoms with E-state index < -0.39 is 0 Å². The summed E-state index contributed by atoms with van der Waals surface area (Å²) >= 11 is 1.53. The third-order valence-electron chi connectivity index (χ3n) is 3.33. The van der Waals surface area contributed by atoms with E-state index >= 15 is 0 Å². The van der Waals surface area contributed by atoms with Crippen LogP contribution in [-0.2, 0) is 12.3 Å². The van der Waals surface area contributed by atoms with Crippen LogP contribution in [0.4, 0.5) is 0 Å². The molecular formula is C14H20N4O2S. The molecule has 0 radical (unpaired) electrons. The first-order valence-corrected chi connectivity index (χ1v) is 8.22. The maximum atomic E-state index is 11.7. The van der Waals surface area contributed by atoms with Gasteiger partial charge >= 0.3 is 5.69 Å². The van der Waals surface area contributed by atoms with Crippen LogP contribution in [-0.4, -0.2) is 20.8 Å². The molecule has 0 unspecified atom stereocenters. The Hall–Kier alpha value is -1.47. The highest BCUT2D eigenvalue weighted by Crippen LogP contribution is 2.36. The van der Waals surface area contributed by atoms with Crippen molar-refractivity contribution in [2.45, 2.75) is 56.2 Å². The number of hydrogen-bond acceptors (Lipinski definition) is 5. The molecule has 0 aliphatic heterocycles. The Morgan fingerprint density at radius 1 is 1.48 bits per heavy atom. The fourth-order valence-corrected chi connectivity index (χ4v) is 2.99. The van der Waals surface area contributed by atoms with E-state index in [4.69, 9.17) is 4.42 Å². The number of hydrogen-bond donors (Lipinski definition) is 2. The van der Waals surface area contributed by atoms with Crippen molar-refractivity contribution in [3.8, 4) is 0 Å². The highest BCUT2D eigenvalue weighted by molar-refractivity contribution is 7.98. The third kappa shape index (κ3) is 3.59. The van der Waals surface area contributed by atoms with Gasteiger partial charge in [0.1, 0.15) is 11.5 Å². The number of rotatable bonds is 7. The molecule has 0 spiro atoms. The first kappa shape index (κ1) is 14.5. The average Bonchev–Trinajstić information content (AvgIpc) is 3.06. The molecule has 2 aromatic heterocycles. The van der Waals surface area contributed by atoms with Crippen LogP contribution in [0.2, 0.25) is 0 Å². The molecule has 2 N–H and O–H groups in total. The Bertz CT molecular complexity index is 654. The lowest BCUT2D eigenvalue weighted by atomic mass is 10.3. The number of furan rings is 1. The van der Waals surface area contributed by atoms with Crippen molar-refractivity contribution in [3.05, 3.63) is 34.1 Å². The van der Waals surface area contributed by atoms with Gasteiger partial charge in [-0.25, -0.2) is 9.89 Å². The van der Waals surface area contributed by atoms with Crippen LogP contribution in [0.15, 0.2) is 26.5 Å². The van der Waals surface area contributed by atoms with E-state index in [2.05, 4.69) is 29.4 Å². The summed E-state index contributed by atoms with van der Waals surface area (Å²) in [6, 6.07) is 4.74. The molecule has 7 heteroatoms. The zero-order valence-electron chi connectivity index (χ0n) is 12.3. The van der Waals surface area contributed by atoms with Crippen molar-refractivity contribution in [1.82, 2.24) is 20.1 Å². The molecule has 1 aliphatic carbocycles. The van der Waals surface area contributed by atoms with E-state index in [-0.39, 0.29) is 5.69 Å². The van der Waals surface area contributed by atoms with Gasteiger partial charge in [0.05, 0.1) is 12.3 Å². The van der Waals surface area contributed by atoms with Gasteiger partial charge in [0.25, 0.3) is 0 Å². The van der Waals surface area contributed by atoms with Crippen LogP contribution in [0.5, 0.6) is 0 Å². The summed E-state index contributed by atoms with van der Waals surface area (Å²) in [6.45, 7) is 4.94. The van der Waals surface area contributed by atoms with Gasteiger partial charge in [-0.3, -0.25) is 4.57 Å². The van der Waals surface area contributed by atoms with E-state index in [1.807, 2.05) is 12.1 Å². The van der Waals surface area contributed by atoms with Crippen LogP contribution in [0.1, 0.15) is 44.3 Å². The van der Waals surface area contributed by atoms with Crippen LogP contribution in [0.3, 0.4) is 0 Å². The van der Waals surface area contributed by atoms with Crippen LogP contribution >= 0.6 is 11.8 Å². The minimum Gasteiger partial charge on any atom is -0.464 e. The fraction of sp³-hybridized carbons (Fsp3) is 0.571. The van der Waals surface area contributed by atoms with Gasteiger partial charge in [0, 0.05) is 12.1 Å². The monoisotopic (exact) mass is 308 g/mol. The maximum absolute atomic E-state index is 11.7. The van der Waals surface area contributed by atoms with E-state index in [0.29, 0.717) is 17.8 Å². The summed E-state index contributed by atoms with van der Waals surface area (Å²) in [7, 11) is 0. The van der Waals surface area contributed by atoms with Gasteiger partial charge in [0.2, 0.25) is 0 Å². The third-order valence-corrected chi connectivity index (χ3v) is 4.30. The SMILES string of the molecule is CC(C)NCc1ccc(CSc2n[nH]c(=O)n2C2CC2)o1. The second-order valence-corrected chi connectivity index (χ2v) is 6.55. The van der Waals surface area contributed by atoms with Crippen molar-refractivity contribution in [3.63, 3.8) is 0 Å². The van der Waals surface area contributed by atoms with Crippen molar-refractivity contribution in [2.75, 3.05) is 0 Å². The fourth-order valence-electron chi connectivity index (χ4n) is 2.08. The standard InChI is InChI=1S/C14H20N4O2S/c1-9(2)15-7-11-5-6-12(20-11)8-21-14-17-16-13(19)18(14)10-3-4-10/h5-6,9-10,15H,3-4,7-8H2,1-2H3,(H,16,19). The quantitative estimate of drug-likeness (QED) is 0.768. The van der Waals surface area contributed by atoms with Gasteiger partial charge in [0.15, 0.2) is 5.16 Å². The van der Waals surface area contributed by atoms with Gasteiger partial charge in [-0.2, -0.15) is 0 Å². The van der Waals surface area contributed by atoms with Crippen LogP contribution in [0.25, 0.3) is 0 Å². The molecule has 2 aromatic rings. The summed E-state index contributed by atoms with van der Waals surface area (Å²) in [5.74, 6) is 2.51. The van der Waals surface area contributed by atoms with Crippen LogP contribution in [0, 0.1) is 0 Å². The molecule has 0 atom stereocenters. The molecule has 0 saturated heterocycles. The molecule has 21 heavy (non-hydrogen) atoms. The molecule has 2 heterocycles. The predicted molar refractivity (Wildman–Crippen MR) is 81.4 cm³/mol. The zero-order valence-corrected chi connectivity index (χ0v) is 13.1. The Kier molecular flexibility index (Phi) is 4.21. The minimum absolute atomic E-state index is 0.110. The number of thioether (sulfide) groups is 1. The number of nitrogens with zero attached hydrogens (tertiary/aromatic N) is 2. The lowest BCUT2D eigenvalue weighted by molar-refractivity contribution is 0.445. The highest BCUT2D eigenvalue weighted by atomic mass is 32.2. The smallest absolute Gasteiger partial charge is 0.344 e. The van der Waals surface area contributed by atoms with E-state index in [1.165, 1.54) is 11.8 Å². The number of H-pyrrole nitrogens is 1. The molecule has 3 rings (SSSR count). The molecule has 0 aromatic carbocycles. The lowest BCUT2D eigenvalue weighted by Gasteiger charge is -2.05. The molecule has 0 bridgehead atoms. The summed E-state index contributed by atoms with van der Waals surface area (Å²) in [5.41, 5.74) is -0.110. The summed E-state index contributed by atoms with van der Waals surface area (Å²) in [6.07, 6.45) is 2.14. The van der Waals surface area contributed by atoms with E-state index in [0.717, 1.165) is 36.1 Å². The van der Waals surface area contributed by atoms with Crippen molar-refractivity contribution < 1.29 is 4.42 Å². The number of aromatic amines is 1. The molecule has 1 saturated carbocycles. The van der Waals surface area contributed by atoms with E-state index in [1.54, 1.807) is 4.57 Å². The highest BCUT2D eigenvalue weighted by Gasteiger charge is 2.28. The first-order valence-electron chi connectivity index (χ1n) is 7.24. The Morgan fingerprint density at radius 2 is 2.24 bits per heavy atom. The molecule has 6 nitrogen and oxygen atoms in total. The van der Waals surface area contributed by atoms with Gasteiger partial charge in [-0.05, 0) is 25.0 Å².